The van der Waals surface area contributed by atoms with Crippen LogP contribution in [0.25, 0.3) is 10.8 Å². The minimum Gasteiger partial charge on any atom is -0.483 e. The third kappa shape index (κ3) is 4.26. The van der Waals surface area contributed by atoms with Gasteiger partial charge in [0.25, 0.3) is 11.8 Å². The van der Waals surface area contributed by atoms with E-state index >= 15 is 0 Å². The molecule has 1 aliphatic rings. The van der Waals surface area contributed by atoms with E-state index in [4.69, 9.17) is 4.74 Å². The molecule has 0 bridgehead atoms. The summed E-state index contributed by atoms with van der Waals surface area (Å²) in [7, 11) is 0. The summed E-state index contributed by atoms with van der Waals surface area (Å²) in [6.07, 6.45) is 2.07. The second kappa shape index (κ2) is 7.50. The number of nitrogens with one attached hydrogen (secondary N) is 2. The fourth-order valence-corrected chi connectivity index (χ4v) is 2.90. The number of fused-ring (bicyclic) bond motifs is 1. The number of hydrogen-bond donors (Lipinski definition) is 2. The molecule has 5 nitrogen and oxygen atoms in total. The Morgan fingerprint density at radius 2 is 1.74 bits per heavy atom. The van der Waals surface area contributed by atoms with Crippen molar-refractivity contribution in [3.05, 3.63) is 72.3 Å². The lowest BCUT2D eigenvalue weighted by molar-refractivity contribution is -0.118. The van der Waals surface area contributed by atoms with Gasteiger partial charge in [0.05, 0.1) is 0 Å². The zero-order chi connectivity index (χ0) is 18.6. The fraction of sp³-hybridized carbons (Fsp3) is 0.182. The molecule has 0 saturated heterocycles. The Morgan fingerprint density at radius 3 is 2.59 bits per heavy atom. The van der Waals surface area contributed by atoms with Gasteiger partial charge in [-0.3, -0.25) is 9.59 Å². The van der Waals surface area contributed by atoms with Crippen LogP contribution >= 0.6 is 0 Å². The predicted molar refractivity (Wildman–Crippen MR) is 105 cm³/mol. The van der Waals surface area contributed by atoms with Crippen LogP contribution in [0.3, 0.4) is 0 Å². The summed E-state index contributed by atoms with van der Waals surface area (Å²) in [5, 5.41) is 7.74. The van der Waals surface area contributed by atoms with Crippen LogP contribution in [0.4, 0.5) is 5.69 Å². The normalized spacial score (nSPS) is 13.2. The monoisotopic (exact) mass is 360 g/mol. The Kier molecular flexibility index (Phi) is 4.75. The molecule has 2 N–H and O–H groups in total. The fourth-order valence-electron chi connectivity index (χ4n) is 2.90. The quantitative estimate of drug-likeness (QED) is 0.703. The van der Waals surface area contributed by atoms with Gasteiger partial charge >= 0.3 is 0 Å². The number of ether oxygens (including phenoxy) is 1. The van der Waals surface area contributed by atoms with E-state index in [0.717, 1.165) is 23.6 Å². The van der Waals surface area contributed by atoms with Gasteiger partial charge in [-0.25, -0.2) is 0 Å². The standard InChI is InChI=1S/C22H20N2O3/c25-21(14-27-20-10-4-6-15-5-1-2-9-19(15)20)23-18-8-3-7-16(13-18)22(26)24-17-11-12-17/h1-10,13,17H,11-12,14H2,(H,23,25)(H,24,26). The molecule has 0 spiro atoms. The molecule has 136 valence electrons. The maximum Gasteiger partial charge on any atom is 0.262 e. The zero-order valence-corrected chi connectivity index (χ0v) is 14.8. The molecular weight excluding hydrogens is 340 g/mol. The van der Waals surface area contributed by atoms with Crippen molar-refractivity contribution in [1.29, 1.82) is 0 Å². The van der Waals surface area contributed by atoms with Gasteiger partial charge < -0.3 is 15.4 Å². The maximum atomic E-state index is 12.3. The molecule has 3 aromatic carbocycles. The Balaban J connectivity index is 1.38. The van der Waals surface area contributed by atoms with Gasteiger partial charge in [-0.05, 0) is 42.5 Å². The Bertz CT molecular complexity index is 990. The average Bonchev–Trinajstić information content (AvgIpc) is 3.50. The highest BCUT2D eigenvalue weighted by atomic mass is 16.5. The van der Waals surface area contributed by atoms with E-state index in [1.54, 1.807) is 24.3 Å². The molecule has 0 atom stereocenters. The first-order valence-electron chi connectivity index (χ1n) is 9.00. The minimum absolute atomic E-state index is 0.105. The molecule has 0 aromatic heterocycles. The van der Waals surface area contributed by atoms with Crippen molar-refractivity contribution in [1.82, 2.24) is 5.32 Å². The van der Waals surface area contributed by atoms with E-state index in [-0.39, 0.29) is 18.4 Å². The molecule has 0 radical (unpaired) electrons. The van der Waals surface area contributed by atoms with Gasteiger partial charge in [0.15, 0.2) is 6.61 Å². The van der Waals surface area contributed by atoms with E-state index in [0.29, 0.717) is 23.0 Å². The Hall–Kier alpha value is -3.34. The highest BCUT2D eigenvalue weighted by molar-refractivity contribution is 5.98. The van der Waals surface area contributed by atoms with Crippen LogP contribution in [-0.4, -0.2) is 24.5 Å². The first-order valence-corrected chi connectivity index (χ1v) is 9.00. The summed E-state index contributed by atoms with van der Waals surface area (Å²) in [5.74, 6) is 0.282. The molecule has 5 heteroatoms. The Morgan fingerprint density at radius 1 is 0.963 bits per heavy atom. The largest absolute Gasteiger partial charge is 0.483 e. The molecule has 1 saturated carbocycles. The van der Waals surface area contributed by atoms with Crippen LogP contribution in [0, 0.1) is 0 Å². The lowest BCUT2D eigenvalue weighted by Gasteiger charge is -2.10. The minimum atomic E-state index is -0.275. The second-order valence-corrected chi connectivity index (χ2v) is 6.64. The van der Waals surface area contributed by atoms with Crippen molar-refractivity contribution in [2.75, 3.05) is 11.9 Å². The zero-order valence-electron chi connectivity index (χ0n) is 14.8. The van der Waals surface area contributed by atoms with Crippen LogP contribution in [-0.2, 0) is 4.79 Å². The summed E-state index contributed by atoms with van der Waals surface area (Å²) in [5.41, 5.74) is 1.11. The third-order valence-electron chi connectivity index (χ3n) is 4.43. The van der Waals surface area contributed by atoms with Crippen molar-refractivity contribution < 1.29 is 14.3 Å². The van der Waals surface area contributed by atoms with Crippen molar-refractivity contribution >= 4 is 28.3 Å². The summed E-state index contributed by atoms with van der Waals surface area (Å²) in [6, 6.07) is 20.8. The van der Waals surface area contributed by atoms with E-state index < -0.39 is 0 Å². The van der Waals surface area contributed by atoms with Crippen LogP contribution in [0.5, 0.6) is 5.75 Å². The van der Waals surface area contributed by atoms with Crippen LogP contribution in [0.15, 0.2) is 66.7 Å². The topological polar surface area (TPSA) is 67.4 Å². The SMILES string of the molecule is O=C(COc1cccc2ccccc12)Nc1cccc(C(=O)NC2CC2)c1. The molecular formula is C22H20N2O3. The van der Waals surface area contributed by atoms with Crippen molar-refractivity contribution in [2.45, 2.75) is 18.9 Å². The van der Waals surface area contributed by atoms with Gasteiger partial charge in [0, 0.05) is 22.7 Å². The first-order chi connectivity index (χ1) is 13.2. The summed E-state index contributed by atoms with van der Waals surface area (Å²) < 4.78 is 5.70. The van der Waals surface area contributed by atoms with Gasteiger partial charge in [-0.1, -0.05) is 42.5 Å². The molecule has 4 rings (SSSR count). The van der Waals surface area contributed by atoms with Crippen LogP contribution < -0.4 is 15.4 Å². The molecule has 0 heterocycles. The summed E-state index contributed by atoms with van der Waals surface area (Å²) >= 11 is 0. The molecule has 2 amide bonds. The number of hydrogen-bond acceptors (Lipinski definition) is 3. The Labute approximate surface area is 157 Å². The van der Waals surface area contributed by atoms with E-state index in [1.165, 1.54) is 0 Å². The van der Waals surface area contributed by atoms with E-state index in [1.807, 2.05) is 42.5 Å². The lowest BCUT2D eigenvalue weighted by Crippen LogP contribution is -2.25. The second-order valence-electron chi connectivity index (χ2n) is 6.64. The maximum absolute atomic E-state index is 12.3. The van der Waals surface area contributed by atoms with Gasteiger partial charge in [0.2, 0.25) is 0 Å². The van der Waals surface area contributed by atoms with Gasteiger partial charge in [0.1, 0.15) is 5.75 Å². The highest BCUT2D eigenvalue weighted by Crippen LogP contribution is 2.25. The lowest BCUT2D eigenvalue weighted by atomic mass is 10.1. The number of carbonyl (C=O) groups is 2. The number of benzene rings is 3. The molecule has 1 fully saturated rings. The van der Waals surface area contributed by atoms with Crippen LogP contribution in [0.2, 0.25) is 0 Å². The predicted octanol–water partition coefficient (Wildman–Crippen LogP) is 3.75. The molecule has 27 heavy (non-hydrogen) atoms. The first kappa shape index (κ1) is 17.1. The summed E-state index contributed by atoms with van der Waals surface area (Å²) in [6.45, 7) is -0.105. The smallest absolute Gasteiger partial charge is 0.262 e. The number of anilines is 1. The average molecular weight is 360 g/mol. The number of carbonyl (C=O) groups excluding carboxylic acids is 2. The molecule has 3 aromatic rings. The van der Waals surface area contributed by atoms with E-state index in [9.17, 15) is 9.59 Å². The third-order valence-corrected chi connectivity index (χ3v) is 4.43. The van der Waals surface area contributed by atoms with Crippen molar-refractivity contribution in [2.24, 2.45) is 0 Å². The van der Waals surface area contributed by atoms with Gasteiger partial charge in [-0.15, -0.1) is 0 Å². The molecule has 0 unspecified atom stereocenters. The molecule has 0 aliphatic heterocycles. The summed E-state index contributed by atoms with van der Waals surface area (Å²) in [4.78, 5) is 24.4. The highest BCUT2D eigenvalue weighted by Gasteiger charge is 2.23. The van der Waals surface area contributed by atoms with Gasteiger partial charge in [-0.2, -0.15) is 0 Å². The van der Waals surface area contributed by atoms with Crippen molar-refractivity contribution in [3.63, 3.8) is 0 Å². The molecule has 1 aliphatic carbocycles. The number of rotatable bonds is 6. The van der Waals surface area contributed by atoms with Crippen LogP contribution in [0.1, 0.15) is 23.2 Å². The number of amides is 2. The van der Waals surface area contributed by atoms with E-state index in [2.05, 4.69) is 10.6 Å². The van der Waals surface area contributed by atoms with Crippen molar-refractivity contribution in [3.8, 4) is 5.75 Å².